The van der Waals surface area contributed by atoms with Crippen molar-refractivity contribution >= 4 is 28.3 Å². The lowest BCUT2D eigenvalue weighted by molar-refractivity contribution is -0.126. The van der Waals surface area contributed by atoms with Crippen molar-refractivity contribution in [3.8, 4) is 11.5 Å². The van der Waals surface area contributed by atoms with Gasteiger partial charge in [-0.05, 0) is 31.4 Å². The van der Waals surface area contributed by atoms with Crippen LogP contribution in [0.3, 0.4) is 0 Å². The molecule has 0 aliphatic rings. The van der Waals surface area contributed by atoms with Crippen molar-refractivity contribution in [3.05, 3.63) is 23.3 Å². The number of rotatable bonds is 9. The molecule has 0 aromatic carbocycles. The first-order valence-electron chi connectivity index (χ1n) is 8.56. The van der Waals surface area contributed by atoms with Crippen molar-refractivity contribution in [3.63, 3.8) is 0 Å². The minimum Gasteiger partial charge on any atom is -0.458 e. The van der Waals surface area contributed by atoms with Crippen LogP contribution >= 0.6 is 11.3 Å². The number of hydrogen-bond donors (Lipinski definition) is 2. The second-order valence-electron chi connectivity index (χ2n) is 6.40. The van der Waals surface area contributed by atoms with E-state index in [1.54, 1.807) is 24.4 Å². The average Bonchev–Trinajstić information content (AvgIpc) is 3.21. The third-order valence-corrected chi connectivity index (χ3v) is 4.35. The lowest BCUT2D eigenvalue weighted by atomic mass is 10.1. The van der Waals surface area contributed by atoms with Gasteiger partial charge in [-0.1, -0.05) is 13.8 Å². The Hall–Kier alpha value is -2.19. The summed E-state index contributed by atoms with van der Waals surface area (Å²) >= 11 is 1.32. The molecule has 0 saturated carbocycles. The number of hydrogen-bond acceptors (Lipinski definition) is 6. The van der Waals surface area contributed by atoms with Crippen molar-refractivity contribution in [2.75, 3.05) is 11.9 Å². The Morgan fingerprint density at radius 2 is 2.08 bits per heavy atom. The zero-order valence-electron chi connectivity index (χ0n) is 15.5. The second kappa shape index (κ2) is 9.49. The summed E-state index contributed by atoms with van der Waals surface area (Å²) in [5, 5.41) is 7.73. The summed E-state index contributed by atoms with van der Waals surface area (Å²) in [6, 6.07) is 3.57. The molecule has 2 amide bonds. The number of carbonyl (C=O) groups excluding carboxylic acids is 2. The SMILES string of the molecule is CC(=O)NCc1ccc(-c2csc(NC(=O)C(C)OCCC(C)C)n2)o1. The van der Waals surface area contributed by atoms with Gasteiger partial charge in [0.2, 0.25) is 5.91 Å². The van der Waals surface area contributed by atoms with Crippen molar-refractivity contribution in [1.82, 2.24) is 10.3 Å². The van der Waals surface area contributed by atoms with Gasteiger partial charge in [-0.3, -0.25) is 14.9 Å². The Kier molecular flexibility index (Phi) is 7.35. The summed E-state index contributed by atoms with van der Waals surface area (Å²) in [5.41, 5.74) is 0.632. The first-order valence-corrected chi connectivity index (χ1v) is 9.44. The maximum atomic E-state index is 12.2. The Balaban J connectivity index is 1.89. The lowest BCUT2D eigenvalue weighted by Gasteiger charge is -2.13. The Labute approximate surface area is 157 Å². The highest BCUT2D eigenvalue weighted by Crippen LogP contribution is 2.26. The van der Waals surface area contributed by atoms with E-state index < -0.39 is 6.10 Å². The van der Waals surface area contributed by atoms with Crippen molar-refractivity contribution in [2.24, 2.45) is 5.92 Å². The topological polar surface area (TPSA) is 93.5 Å². The highest BCUT2D eigenvalue weighted by atomic mass is 32.1. The highest BCUT2D eigenvalue weighted by molar-refractivity contribution is 7.14. The summed E-state index contributed by atoms with van der Waals surface area (Å²) in [6.45, 7) is 8.29. The standard InChI is InChI=1S/C18H25N3O4S/c1-11(2)7-8-24-12(3)17(23)21-18-20-15(10-26-18)16-6-5-14(25-16)9-19-13(4)22/h5-6,10-12H,7-9H2,1-4H3,(H,19,22)(H,20,21,23). The van der Waals surface area contributed by atoms with E-state index in [0.717, 1.165) is 6.42 Å². The molecule has 2 aromatic heterocycles. The van der Waals surface area contributed by atoms with E-state index in [0.29, 0.717) is 41.4 Å². The van der Waals surface area contributed by atoms with Crippen molar-refractivity contribution in [1.29, 1.82) is 0 Å². The molecule has 1 unspecified atom stereocenters. The number of thiazole rings is 1. The summed E-state index contributed by atoms with van der Waals surface area (Å²) in [4.78, 5) is 27.5. The van der Waals surface area contributed by atoms with Crippen LogP contribution in [0.1, 0.15) is 39.9 Å². The molecule has 0 bridgehead atoms. The maximum absolute atomic E-state index is 12.2. The molecule has 8 heteroatoms. The van der Waals surface area contributed by atoms with Crippen LogP contribution in [-0.2, 0) is 20.9 Å². The van der Waals surface area contributed by atoms with Crippen LogP contribution in [0.25, 0.3) is 11.5 Å². The largest absolute Gasteiger partial charge is 0.458 e. The van der Waals surface area contributed by atoms with Gasteiger partial charge >= 0.3 is 0 Å². The Morgan fingerprint density at radius 3 is 2.77 bits per heavy atom. The van der Waals surface area contributed by atoms with Crippen LogP contribution in [0.2, 0.25) is 0 Å². The smallest absolute Gasteiger partial charge is 0.254 e. The Bertz CT molecular complexity index is 738. The molecule has 142 valence electrons. The molecule has 7 nitrogen and oxygen atoms in total. The van der Waals surface area contributed by atoms with Crippen LogP contribution in [0.5, 0.6) is 0 Å². The van der Waals surface area contributed by atoms with E-state index in [2.05, 4.69) is 29.5 Å². The van der Waals surface area contributed by atoms with Crippen LogP contribution in [0.4, 0.5) is 5.13 Å². The van der Waals surface area contributed by atoms with E-state index in [1.807, 2.05) is 0 Å². The van der Waals surface area contributed by atoms with Gasteiger partial charge in [-0.25, -0.2) is 4.98 Å². The molecule has 26 heavy (non-hydrogen) atoms. The molecular weight excluding hydrogens is 354 g/mol. The molecule has 2 heterocycles. The molecule has 0 aliphatic carbocycles. The number of carbonyl (C=O) groups is 2. The van der Waals surface area contributed by atoms with Crippen LogP contribution in [0.15, 0.2) is 21.9 Å². The van der Waals surface area contributed by atoms with E-state index in [9.17, 15) is 9.59 Å². The van der Waals surface area contributed by atoms with E-state index in [-0.39, 0.29) is 11.8 Å². The Morgan fingerprint density at radius 1 is 1.31 bits per heavy atom. The summed E-state index contributed by atoms with van der Waals surface area (Å²) in [5.74, 6) is 1.42. The minimum atomic E-state index is -0.533. The first-order chi connectivity index (χ1) is 12.3. The second-order valence-corrected chi connectivity index (χ2v) is 7.26. The fourth-order valence-corrected chi connectivity index (χ4v) is 2.73. The van der Waals surface area contributed by atoms with E-state index in [1.165, 1.54) is 18.3 Å². The maximum Gasteiger partial charge on any atom is 0.254 e. The molecule has 0 radical (unpaired) electrons. The van der Waals surface area contributed by atoms with Crippen LogP contribution < -0.4 is 10.6 Å². The quantitative estimate of drug-likeness (QED) is 0.696. The number of nitrogens with one attached hydrogen (secondary N) is 2. The van der Waals surface area contributed by atoms with Gasteiger partial charge in [0.15, 0.2) is 10.9 Å². The van der Waals surface area contributed by atoms with Crippen LogP contribution in [-0.4, -0.2) is 29.5 Å². The van der Waals surface area contributed by atoms with Crippen molar-refractivity contribution < 1.29 is 18.7 Å². The predicted molar refractivity (Wildman–Crippen MR) is 101 cm³/mol. The summed E-state index contributed by atoms with van der Waals surface area (Å²) < 4.78 is 11.2. The molecule has 2 N–H and O–H groups in total. The zero-order valence-corrected chi connectivity index (χ0v) is 16.3. The molecule has 1 atom stereocenters. The van der Waals surface area contributed by atoms with Gasteiger partial charge in [0.25, 0.3) is 5.91 Å². The number of ether oxygens (including phenoxy) is 1. The molecule has 0 aliphatic heterocycles. The molecule has 2 rings (SSSR count). The monoisotopic (exact) mass is 379 g/mol. The molecule has 0 spiro atoms. The van der Waals surface area contributed by atoms with Gasteiger partial charge in [0.1, 0.15) is 17.6 Å². The van der Waals surface area contributed by atoms with Gasteiger partial charge < -0.3 is 14.5 Å². The normalized spacial score (nSPS) is 12.2. The number of amides is 2. The van der Waals surface area contributed by atoms with Crippen LogP contribution in [0, 0.1) is 5.92 Å². The third kappa shape index (κ3) is 6.27. The third-order valence-electron chi connectivity index (χ3n) is 3.59. The zero-order chi connectivity index (χ0) is 19.1. The molecule has 0 saturated heterocycles. The van der Waals surface area contributed by atoms with Gasteiger partial charge in [-0.15, -0.1) is 11.3 Å². The minimum absolute atomic E-state index is 0.119. The number of nitrogens with zero attached hydrogens (tertiary/aromatic N) is 1. The molecular formula is C18H25N3O4S. The molecule has 2 aromatic rings. The summed E-state index contributed by atoms with van der Waals surface area (Å²) in [7, 11) is 0. The average molecular weight is 379 g/mol. The van der Waals surface area contributed by atoms with Gasteiger partial charge in [0, 0.05) is 18.9 Å². The number of aromatic nitrogens is 1. The van der Waals surface area contributed by atoms with E-state index >= 15 is 0 Å². The predicted octanol–water partition coefficient (Wildman–Crippen LogP) is 3.43. The fourth-order valence-electron chi connectivity index (χ4n) is 2.03. The first kappa shape index (κ1) is 20.1. The van der Waals surface area contributed by atoms with Gasteiger partial charge in [0.05, 0.1) is 6.54 Å². The lowest BCUT2D eigenvalue weighted by Crippen LogP contribution is -2.28. The van der Waals surface area contributed by atoms with E-state index in [4.69, 9.17) is 9.15 Å². The highest BCUT2D eigenvalue weighted by Gasteiger charge is 2.16. The molecule has 0 fully saturated rings. The summed E-state index contributed by atoms with van der Waals surface area (Å²) in [6.07, 6.45) is 0.382. The number of anilines is 1. The van der Waals surface area contributed by atoms with Crippen molar-refractivity contribution in [2.45, 2.75) is 46.8 Å². The fraction of sp³-hybridized carbons (Fsp3) is 0.500. The number of furan rings is 1. The van der Waals surface area contributed by atoms with Gasteiger partial charge in [-0.2, -0.15) is 0 Å².